The number of hydrogen-bond acceptors (Lipinski definition) is 4. The SMILES string of the molecule is CCCCCc1c(C)c2c(c(C)c1B1Nc3cccc4cccc(c34)N1Cc1ccccc1)CC(COC)(COC)C2. The monoisotopic (exact) mass is 560 g/mol. The molecule has 0 unspecified atom stereocenters. The van der Waals surface area contributed by atoms with E-state index in [1.165, 1.54) is 80.3 Å². The van der Waals surface area contributed by atoms with Gasteiger partial charge in [0, 0.05) is 42.9 Å². The van der Waals surface area contributed by atoms with Crippen molar-refractivity contribution in [2.45, 2.75) is 65.8 Å². The molecule has 4 aromatic carbocycles. The predicted molar refractivity (Wildman–Crippen MR) is 178 cm³/mol. The topological polar surface area (TPSA) is 33.7 Å². The molecule has 6 rings (SSSR count). The van der Waals surface area contributed by atoms with Crippen LogP contribution < -0.4 is 15.5 Å². The Bertz CT molecular complexity index is 1560. The standard InChI is InChI=1S/C37H45BN2O2/c1-6-7-9-18-30-26(2)31-21-37(24-41-4,25-42-5)22-32(31)27(3)36(30)38-39-33-19-12-16-29-17-13-20-34(35(29)33)40(38)23-28-14-10-8-11-15-28/h8,10-17,19-20,39H,6-7,9,18,21-25H2,1-5H3. The van der Waals surface area contributed by atoms with Crippen LogP contribution in [0.3, 0.4) is 0 Å². The zero-order valence-corrected chi connectivity index (χ0v) is 26.1. The average Bonchev–Trinajstić information content (AvgIpc) is 3.38. The second kappa shape index (κ2) is 12.1. The Labute approximate surface area is 252 Å². The Morgan fingerprint density at radius 1 is 0.833 bits per heavy atom. The van der Waals surface area contributed by atoms with Crippen LogP contribution in [0.25, 0.3) is 10.8 Å². The molecule has 0 aromatic heterocycles. The molecule has 0 fully saturated rings. The zero-order valence-electron chi connectivity index (χ0n) is 26.1. The first-order valence-electron chi connectivity index (χ1n) is 15.7. The number of rotatable bonds is 11. The van der Waals surface area contributed by atoms with Crippen LogP contribution in [0.1, 0.15) is 59.6 Å². The molecule has 218 valence electrons. The van der Waals surface area contributed by atoms with E-state index in [2.05, 4.69) is 97.5 Å². The lowest BCUT2D eigenvalue weighted by Gasteiger charge is -2.40. The van der Waals surface area contributed by atoms with Gasteiger partial charge in [-0.3, -0.25) is 0 Å². The van der Waals surface area contributed by atoms with E-state index in [4.69, 9.17) is 9.47 Å². The Morgan fingerprint density at radius 2 is 1.52 bits per heavy atom. The summed E-state index contributed by atoms with van der Waals surface area (Å²) in [6.07, 6.45) is 6.80. The molecular formula is C37H45BN2O2. The number of nitrogens with zero attached hydrogens (tertiary/aromatic N) is 1. The van der Waals surface area contributed by atoms with E-state index in [-0.39, 0.29) is 12.4 Å². The van der Waals surface area contributed by atoms with E-state index in [1.54, 1.807) is 0 Å². The molecule has 1 aliphatic heterocycles. The molecule has 4 nitrogen and oxygen atoms in total. The van der Waals surface area contributed by atoms with E-state index < -0.39 is 0 Å². The third-order valence-electron chi connectivity index (χ3n) is 9.75. The summed E-state index contributed by atoms with van der Waals surface area (Å²) in [6.45, 7) is 9.37. The molecule has 0 spiro atoms. The van der Waals surface area contributed by atoms with Crippen molar-refractivity contribution >= 4 is 34.6 Å². The summed E-state index contributed by atoms with van der Waals surface area (Å²) in [6, 6.07) is 24.4. The molecule has 0 radical (unpaired) electrons. The Morgan fingerprint density at radius 3 is 2.21 bits per heavy atom. The van der Waals surface area contributed by atoms with Gasteiger partial charge in [-0.1, -0.05) is 74.4 Å². The highest BCUT2D eigenvalue weighted by Gasteiger charge is 2.43. The molecule has 0 saturated carbocycles. The van der Waals surface area contributed by atoms with Gasteiger partial charge in [0.2, 0.25) is 0 Å². The summed E-state index contributed by atoms with van der Waals surface area (Å²) >= 11 is 0. The van der Waals surface area contributed by atoms with E-state index in [0.717, 1.165) is 25.8 Å². The van der Waals surface area contributed by atoms with Crippen molar-refractivity contribution in [3.8, 4) is 0 Å². The van der Waals surface area contributed by atoms with Crippen LogP contribution >= 0.6 is 0 Å². The zero-order chi connectivity index (χ0) is 29.3. The first kappa shape index (κ1) is 28.8. The smallest absolute Gasteiger partial charge is 0.405 e. The third kappa shape index (κ3) is 5.12. The maximum absolute atomic E-state index is 5.80. The Hall–Kier alpha value is -3.28. The van der Waals surface area contributed by atoms with Gasteiger partial charge >= 0.3 is 6.98 Å². The summed E-state index contributed by atoms with van der Waals surface area (Å²) in [5.41, 5.74) is 12.8. The predicted octanol–water partition coefficient (Wildman–Crippen LogP) is 7.39. The highest BCUT2D eigenvalue weighted by molar-refractivity contribution is 6.81. The molecule has 4 aromatic rings. The second-order valence-electron chi connectivity index (χ2n) is 12.6. The van der Waals surface area contributed by atoms with E-state index in [0.29, 0.717) is 13.2 Å². The average molecular weight is 561 g/mol. The fourth-order valence-electron chi connectivity index (χ4n) is 7.85. The van der Waals surface area contributed by atoms with Gasteiger partial charge in [0.1, 0.15) is 0 Å². The quantitative estimate of drug-likeness (QED) is 0.153. The van der Waals surface area contributed by atoms with Crippen LogP contribution in [0.15, 0.2) is 66.7 Å². The minimum Gasteiger partial charge on any atom is -0.405 e. The minimum atomic E-state index is -0.0113. The fourth-order valence-corrected chi connectivity index (χ4v) is 7.85. The molecular weight excluding hydrogens is 515 g/mol. The van der Waals surface area contributed by atoms with Gasteiger partial charge in [-0.25, -0.2) is 0 Å². The Kier molecular flexibility index (Phi) is 8.34. The molecule has 2 aliphatic rings. The minimum absolute atomic E-state index is 0.0113. The summed E-state index contributed by atoms with van der Waals surface area (Å²) in [5.74, 6) is 0. The molecule has 0 atom stereocenters. The van der Waals surface area contributed by atoms with Crippen molar-refractivity contribution in [1.82, 2.24) is 0 Å². The highest BCUT2D eigenvalue weighted by atomic mass is 16.5. The molecule has 1 heterocycles. The van der Waals surface area contributed by atoms with Gasteiger partial charge < -0.3 is 19.5 Å². The summed E-state index contributed by atoms with van der Waals surface area (Å²) in [4.78, 5) is 2.62. The van der Waals surface area contributed by atoms with Crippen molar-refractivity contribution < 1.29 is 9.47 Å². The van der Waals surface area contributed by atoms with Crippen molar-refractivity contribution in [3.63, 3.8) is 0 Å². The lowest BCUT2D eigenvalue weighted by Crippen LogP contribution is -2.58. The number of nitrogens with one attached hydrogen (secondary N) is 1. The van der Waals surface area contributed by atoms with Crippen molar-refractivity contribution in [2.24, 2.45) is 5.41 Å². The van der Waals surface area contributed by atoms with Crippen LogP contribution in [-0.2, 0) is 35.3 Å². The summed E-state index contributed by atoms with van der Waals surface area (Å²) in [7, 11) is 3.65. The van der Waals surface area contributed by atoms with E-state index >= 15 is 0 Å². The molecule has 5 heteroatoms. The molecule has 0 amide bonds. The number of fused-ring (bicyclic) bond motifs is 1. The van der Waals surface area contributed by atoms with E-state index in [9.17, 15) is 0 Å². The Balaban J connectivity index is 1.54. The lowest BCUT2D eigenvalue weighted by atomic mass is 9.58. The van der Waals surface area contributed by atoms with Crippen LogP contribution in [0.2, 0.25) is 0 Å². The fraction of sp³-hybridized carbons (Fsp3) is 0.405. The van der Waals surface area contributed by atoms with Crippen molar-refractivity contribution in [1.29, 1.82) is 0 Å². The molecule has 1 N–H and O–H groups in total. The van der Waals surface area contributed by atoms with Gasteiger partial charge in [0.05, 0.1) is 13.2 Å². The highest BCUT2D eigenvalue weighted by Crippen LogP contribution is 2.43. The van der Waals surface area contributed by atoms with Gasteiger partial charge in [0.25, 0.3) is 0 Å². The number of benzene rings is 4. The number of ether oxygens (including phenoxy) is 2. The summed E-state index contributed by atoms with van der Waals surface area (Å²) in [5, 5.41) is 6.68. The normalized spacial score (nSPS) is 15.3. The maximum atomic E-state index is 5.80. The number of anilines is 2. The van der Waals surface area contributed by atoms with Crippen molar-refractivity contribution in [2.75, 3.05) is 37.5 Å². The van der Waals surface area contributed by atoms with Crippen LogP contribution in [0.5, 0.6) is 0 Å². The molecule has 42 heavy (non-hydrogen) atoms. The number of hydrogen-bond donors (Lipinski definition) is 1. The number of methoxy groups -OCH3 is 2. The van der Waals surface area contributed by atoms with Gasteiger partial charge in [-0.2, -0.15) is 0 Å². The molecule has 0 bridgehead atoms. The maximum Gasteiger partial charge on any atom is 0.409 e. The van der Waals surface area contributed by atoms with Crippen LogP contribution in [0.4, 0.5) is 11.4 Å². The van der Waals surface area contributed by atoms with Crippen LogP contribution in [-0.4, -0.2) is 34.4 Å². The number of unbranched alkanes of at least 4 members (excludes halogenated alkanes) is 2. The van der Waals surface area contributed by atoms with Gasteiger partial charge in [-0.05, 0) is 95.9 Å². The first-order chi connectivity index (χ1) is 20.5. The summed E-state index contributed by atoms with van der Waals surface area (Å²) < 4.78 is 11.6. The van der Waals surface area contributed by atoms with Gasteiger partial charge in [-0.15, -0.1) is 0 Å². The van der Waals surface area contributed by atoms with Gasteiger partial charge in [0.15, 0.2) is 0 Å². The third-order valence-corrected chi connectivity index (χ3v) is 9.75. The second-order valence-corrected chi connectivity index (χ2v) is 12.6. The lowest BCUT2D eigenvalue weighted by molar-refractivity contribution is 0.0167. The van der Waals surface area contributed by atoms with Crippen molar-refractivity contribution in [3.05, 3.63) is 100 Å². The van der Waals surface area contributed by atoms with Crippen LogP contribution in [0, 0.1) is 19.3 Å². The first-order valence-corrected chi connectivity index (χ1v) is 15.7. The largest absolute Gasteiger partial charge is 0.409 e. The molecule has 1 aliphatic carbocycles. The molecule has 0 saturated heterocycles. The van der Waals surface area contributed by atoms with E-state index in [1.807, 2.05) is 14.2 Å².